The summed E-state index contributed by atoms with van der Waals surface area (Å²) in [4.78, 5) is 5.40. The smallest absolute Gasteiger partial charge is 0.237 e. The molecule has 7 heteroatoms. The maximum Gasteiger partial charge on any atom is 0.237 e. The number of hydrogen-bond acceptors (Lipinski definition) is 5. The second-order valence-corrected chi connectivity index (χ2v) is 7.64. The van der Waals surface area contributed by atoms with Gasteiger partial charge in [0.1, 0.15) is 0 Å². The van der Waals surface area contributed by atoms with Crippen LogP contribution in [0.5, 0.6) is 0 Å². The van der Waals surface area contributed by atoms with Gasteiger partial charge in [-0.3, -0.25) is 4.72 Å². The maximum atomic E-state index is 12.2. The van der Waals surface area contributed by atoms with E-state index in [1.54, 1.807) is 0 Å². The lowest BCUT2D eigenvalue weighted by Gasteiger charge is -2.22. The minimum absolute atomic E-state index is 0.298. The topological polar surface area (TPSA) is 71.1 Å². The number of nitrogens with one attached hydrogen (secondary N) is 2. The number of thiazole rings is 1. The van der Waals surface area contributed by atoms with E-state index in [9.17, 15) is 8.42 Å². The fraction of sp³-hybridized carbons (Fsp3) is 0.727. The van der Waals surface area contributed by atoms with Crippen LogP contribution in [0.3, 0.4) is 0 Å². The highest BCUT2D eigenvalue weighted by Gasteiger charge is 2.28. The zero-order chi connectivity index (χ0) is 13.2. The van der Waals surface area contributed by atoms with Crippen LogP contribution in [0.2, 0.25) is 0 Å². The summed E-state index contributed by atoms with van der Waals surface area (Å²) in [6.07, 6.45) is 2.16. The molecule has 0 aliphatic carbocycles. The van der Waals surface area contributed by atoms with Crippen molar-refractivity contribution in [2.24, 2.45) is 0 Å². The van der Waals surface area contributed by atoms with Gasteiger partial charge in [-0.2, -0.15) is 0 Å². The largest absolute Gasteiger partial charge is 0.317 e. The molecule has 0 radical (unpaired) electrons. The Morgan fingerprint density at radius 2 is 2.11 bits per heavy atom. The van der Waals surface area contributed by atoms with Crippen LogP contribution >= 0.6 is 11.3 Å². The van der Waals surface area contributed by atoms with Crippen LogP contribution in [0.4, 0.5) is 5.13 Å². The van der Waals surface area contributed by atoms with Crippen molar-refractivity contribution in [2.45, 2.75) is 38.4 Å². The standard InChI is InChI=1S/C11H19N3O2S2/c1-3-10-8(2)17-11(13-10)14-18(15,16)9-4-6-12-7-5-9/h9,12H,3-7H2,1-2H3,(H,13,14). The molecule has 0 spiro atoms. The molecule has 5 nitrogen and oxygen atoms in total. The number of piperidine rings is 1. The molecule has 1 fully saturated rings. The highest BCUT2D eigenvalue weighted by Crippen LogP contribution is 2.25. The fourth-order valence-corrected chi connectivity index (χ4v) is 4.69. The Morgan fingerprint density at radius 1 is 1.44 bits per heavy atom. The SMILES string of the molecule is CCc1nc(NS(=O)(=O)C2CCNCC2)sc1C. The summed E-state index contributed by atoms with van der Waals surface area (Å²) >= 11 is 1.41. The lowest BCUT2D eigenvalue weighted by Crippen LogP contribution is -2.38. The first-order valence-corrected chi connectivity index (χ1v) is 8.58. The van der Waals surface area contributed by atoms with Crippen molar-refractivity contribution in [3.05, 3.63) is 10.6 Å². The summed E-state index contributed by atoms with van der Waals surface area (Å²) in [7, 11) is -3.29. The Morgan fingerprint density at radius 3 is 2.67 bits per heavy atom. The molecule has 1 aliphatic heterocycles. The predicted octanol–water partition coefficient (Wildman–Crippen LogP) is 1.51. The highest BCUT2D eigenvalue weighted by atomic mass is 32.2. The third-order valence-corrected chi connectivity index (χ3v) is 6.07. The van der Waals surface area contributed by atoms with Crippen LogP contribution < -0.4 is 10.0 Å². The summed E-state index contributed by atoms with van der Waals surface area (Å²) in [6, 6.07) is 0. The number of anilines is 1. The first-order valence-electron chi connectivity index (χ1n) is 6.21. The predicted molar refractivity (Wildman–Crippen MR) is 74.7 cm³/mol. The first-order chi connectivity index (χ1) is 8.53. The summed E-state index contributed by atoms with van der Waals surface area (Å²) in [5.41, 5.74) is 0.975. The van der Waals surface area contributed by atoms with Crippen molar-refractivity contribution in [2.75, 3.05) is 17.8 Å². The lowest BCUT2D eigenvalue weighted by molar-refractivity contribution is 0.499. The van der Waals surface area contributed by atoms with Gasteiger partial charge in [-0.1, -0.05) is 6.92 Å². The molecule has 1 aliphatic rings. The van der Waals surface area contributed by atoms with Crippen molar-refractivity contribution in [1.29, 1.82) is 0 Å². The third kappa shape index (κ3) is 3.02. The normalized spacial score (nSPS) is 17.9. The number of nitrogens with zero attached hydrogens (tertiary/aromatic N) is 1. The molecule has 1 aromatic heterocycles. The second kappa shape index (κ2) is 5.54. The fourth-order valence-electron chi connectivity index (χ4n) is 2.11. The van der Waals surface area contributed by atoms with E-state index in [2.05, 4.69) is 15.0 Å². The van der Waals surface area contributed by atoms with Crippen molar-refractivity contribution in [1.82, 2.24) is 10.3 Å². The van der Waals surface area contributed by atoms with E-state index >= 15 is 0 Å². The van der Waals surface area contributed by atoms with Crippen molar-refractivity contribution in [3.63, 3.8) is 0 Å². The van der Waals surface area contributed by atoms with Crippen LogP contribution in [0, 0.1) is 6.92 Å². The third-order valence-electron chi connectivity index (χ3n) is 3.18. The van der Waals surface area contributed by atoms with Crippen LogP contribution in [-0.4, -0.2) is 31.7 Å². The minimum atomic E-state index is -3.29. The van der Waals surface area contributed by atoms with Crippen LogP contribution in [0.1, 0.15) is 30.3 Å². The summed E-state index contributed by atoms with van der Waals surface area (Å²) in [6.45, 7) is 5.53. The maximum absolute atomic E-state index is 12.2. The lowest BCUT2D eigenvalue weighted by atomic mass is 10.2. The molecule has 18 heavy (non-hydrogen) atoms. The van der Waals surface area contributed by atoms with Gasteiger partial charge in [0, 0.05) is 4.88 Å². The molecule has 0 amide bonds. The molecular formula is C11H19N3O2S2. The number of rotatable bonds is 4. The second-order valence-electron chi connectivity index (χ2n) is 4.47. The number of hydrogen-bond donors (Lipinski definition) is 2. The zero-order valence-electron chi connectivity index (χ0n) is 10.7. The number of sulfonamides is 1. The molecule has 1 saturated heterocycles. The van der Waals surface area contributed by atoms with Crippen molar-refractivity contribution in [3.8, 4) is 0 Å². The van der Waals surface area contributed by atoms with Gasteiger partial charge in [0.25, 0.3) is 0 Å². The summed E-state index contributed by atoms with van der Waals surface area (Å²) < 4.78 is 27.0. The molecule has 102 valence electrons. The molecule has 2 heterocycles. The number of aromatic nitrogens is 1. The summed E-state index contributed by atoms with van der Waals surface area (Å²) in [5, 5.41) is 3.37. The summed E-state index contributed by atoms with van der Waals surface area (Å²) in [5.74, 6) is 0. The Kier molecular flexibility index (Phi) is 4.24. The van der Waals surface area contributed by atoms with Crippen LogP contribution in [0.25, 0.3) is 0 Å². The van der Waals surface area contributed by atoms with Gasteiger partial charge in [0.2, 0.25) is 10.0 Å². The van der Waals surface area contributed by atoms with E-state index in [4.69, 9.17) is 0 Å². The van der Waals surface area contributed by atoms with E-state index in [-0.39, 0.29) is 5.25 Å². The van der Waals surface area contributed by atoms with Gasteiger partial charge in [-0.25, -0.2) is 13.4 Å². The quantitative estimate of drug-likeness (QED) is 0.881. The van der Waals surface area contributed by atoms with Gasteiger partial charge in [0.15, 0.2) is 5.13 Å². The van der Waals surface area contributed by atoms with Gasteiger partial charge < -0.3 is 5.32 Å². The molecule has 0 bridgehead atoms. The van der Waals surface area contributed by atoms with E-state index in [0.717, 1.165) is 30.1 Å². The monoisotopic (exact) mass is 289 g/mol. The molecule has 0 unspecified atom stereocenters. The Labute approximate surface area is 112 Å². The molecule has 0 aromatic carbocycles. The molecular weight excluding hydrogens is 270 g/mol. The van der Waals surface area contributed by atoms with Crippen molar-refractivity contribution >= 4 is 26.5 Å². The van der Waals surface area contributed by atoms with Crippen molar-refractivity contribution < 1.29 is 8.42 Å². The van der Waals surface area contributed by atoms with E-state index < -0.39 is 10.0 Å². The van der Waals surface area contributed by atoms with E-state index in [0.29, 0.717) is 18.0 Å². The Bertz CT molecular complexity index is 504. The van der Waals surface area contributed by atoms with Crippen LogP contribution in [0.15, 0.2) is 0 Å². The molecule has 2 N–H and O–H groups in total. The molecule has 0 saturated carbocycles. The number of aryl methyl sites for hydroxylation is 2. The van der Waals surface area contributed by atoms with Gasteiger partial charge in [-0.05, 0) is 39.3 Å². The van der Waals surface area contributed by atoms with E-state index in [1.165, 1.54) is 11.3 Å². The first kappa shape index (κ1) is 13.8. The average molecular weight is 289 g/mol. The molecule has 2 rings (SSSR count). The average Bonchev–Trinajstić information content (AvgIpc) is 2.70. The molecule has 0 atom stereocenters. The van der Waals surface area contributed by atoms with Gasteiger partial charge in [-0.15, -0.1) is 11.3 Å². The Hall–Kier alpha value is -0.660. The Balaban J connectivity index is 2.11. The highest BCUT2D eigenvalue weighted by molar-refractivity contribution is 7.93. The van der Waals surface area contributed by atoms with Gasteiger partial charge >= 0.3 is 0 Å². The molecule has 1 aromatic rings. The van der Waals surface area contributed by atoms with Gasteiger partial charge in [0.05, 0.1) is 10.9 Å². The zero-order valence-corrected chi connectivity index (χ0v) is 12.3. The van der Waals surface area contributed by atoms with E-state index in [1.807, 2.05) is 13.8 Å². The van der Waals surface area contributed by atoms with Crippen LogP contribution in [-0.2, 0) is 16.4 Å². The minimum Gasteiger partial charge on any atom is -0.317 e.